The molecule has 0 saturated carbocycles. The molecule has 0 unspecified atom stereocenters. The molecule has 0 radical (unpaired) electrons. The molecule has 0 aliphatic carbocycles. The van der Waals surface area contributed by atoms with E-state index in [4.69, 9.17) is 0 Å². The Morgan fingerprint density at radius 2 is 1.50 bits per heavy atom. The first kappa shape index (κ1) is 16.5. The zero-order valence-electron chi connectivity index (χ0n) is 14.0. The maximum atomic E-state index is 13.0. The molecule has 0 spiro atoms. The lowest BCUT2D eigenvalue weighted by atomic mass is 10.1. The molecular formula is C18H17N5O2S. The summed E-state index contributed by atoms with van der Waals surface area (Å²) in [5, 5.41) is 9.52. The fraction of sp³-hybridized carbons (Fsp3) is 0.222. The van der Waals surface area contributed by atoms with Crippen molar-refractivity contribution < 1.29 is 9.59 Å². The Labute approximate surface area is 154 Å². The van der Waals surface area contributed by atoms with Crippen LogP contribution in [-0.4, -0.2) is 62.6 Å². The lowest BCUT2D eigenvalue weighted by Gasteiger charge is -2.34. The van der Waals surface area contributed by atoms with E-state index in [2.05, 4.69) is 10.2 Å². The van der Waals surface area contributed by atoms with Crippen molar-refractivity contribution in [2.75, 3.05) is 26.2 Å². The number of para-hydroxylation sites is 1. The molecule has 132 valence electrons. The molecule has 2 aromatic heterocycles. The van der Waals surface area contributed by atoms with Crippen molar-refractivity contribution in [2.24, 2.45) is 0 Å². The predicted molar refractivity (Wildman–Crippen MR) is 97.5 cm³/mol. The summed E-state index contributed by atoms with van der Waals surface area (Å²) in [4.78, 5) is 29.8. The maximum Gasteiger partial charge on any atom is 0.264 e. The summed E-state index contributed by atoms with van der Waals surface area (Å²) in [7, 11) is 0. The zero-order valence-corrected chi connectivity index (χ0v) is 14.8. The van der Waals surface area contributed by atoms with Crippen molar-refractivity contribution in [2.45, 2.75) is 0 Å². The average molecular weight is 367 g/mol. The smallest absolute Gasteiger partial charge is 0.264 e. The van der Waals surface area contributed by atoms with Crippen LogP contribution in [0.5, 0.6) is 0 Å². The van der Waals surface area contributed by atoms with E-state index in [1.807, 2.05) is 35.7 Å². The fourth-order valence-electron chi connectivity index (χ4n) is 3.04. The monoisotopic (exact) mass is 367 g/mol. The molecule has 3 heterocycles. The Bertz CT molecular complexity index is 900. The molecule has 1 aromatic carbocycles. The number of benzene rings is 1. The molecular weight excluding hydrogens is 350 g/mol. The van der Waals surface area contributed by atoms with Gasteiger partial charge in [-0.2, -0.15) is 0 Å². The Balaban J connectivity index is 1.47. The first-order valence-electron chi connectivity index (χ1n) is 8.30. The third kappa shape index (κ3) is 3.11. The van der Waals surface area contributed by atoms with Crippen LogP contribution in [0.1, 0.15) is 20.0 Å². The molecule has 1 aliphatic rings. The standard InChI is InChI=1S/C18H17N5O2S/c24-17(14-4-1-2-5-15(14)23-12-19-20-13-23)21-7-9-22(10-8-21)18(25)16-6-3-11-26-16/h1-6,11-13H,7-10H2. The second-order valence-electron chi connectivity index (χ2n) is 5.95. The summed E-state index contributed by atoms with van der Waals surface area (Å²) >= 11 is 1.44. The van der Waals surface area contributed by atoms with Gasteiger partial charge in [-0.05, 0) is 23.6 Å². The molecule has 3 aromatic rings. The molecule has 0 N–H and O–H groups in total. The third-order valence-corrected chi connectivity index (χ3v) is 5.28. The van der Waals surface area contributed by atoms with E-state index in [0.717, 1.165) is 10.6 Å². The van der Waals surface area contributed by atoms with Gasteiger partial charge in [-0.1, -0.05) is 18.2 Å². The van der Waals surface area contributed by atoms with E-state index in [-0.39, 0.29) is 11.8 Å². The quantitative estimate of drug-likeness (QED) is 0.709. The molecule has 0 bridgehead atoms. The second kappa shape index (κ2) is 7.09. The third-order valence-electron chi connectivity index (χ3n) is 4.42. The number of hydrogen-bond donors (Lipinski definition) is 0. The first-order valence-corrected chi connectivity index (χ1v) is 9.18. The van der Waals surface area contributed by atoms with E-state index >= 15 is 0 Å². The van der Waals surface area contributed by atoms with Crippen LogP contribution in [-0.2, 0) is 0 Å². The summed E-state index contributed by atoms with van der Waals surface area (Å²) in [6, 6.07) is 11.1. The SMILES string of the molecule is O=C(c1cccs1)N1CCN(C(=O)c2ccccc2-n2cnnc2)CC1. The lowest BCUT2D eigenvalue weighted by molar-refractivity contribution is 0.0538. The minimum atomic E-state index is -0.0440. The van der Waals surface area contributed by atoms with Gasteiger partial charge in [0.05, 0.1) is 16.1 Å². The Kier molecular flexibility index (Phi) is 4.49. The van der Waals surface area contributed by atoms with Crippen LogP contribution in [0.15, 0.2) is 54.4 Å². The highest BCUT2D eigenvalue weighted by Gasteiger charge is 2.27. The fourth-order valence-corrected chi connectivity index (χ4v) is 3.73. The normalized spacial score (nSPS) is 14.5. The second-order valence-corrected chi connectivity index (χ2v) is 6.90. The molecule has 0 atom stereocenters. The summed E-state index contributed by atoms with van der Waals surface area (Å²) in [5.41, 5.74) is 1.35. The highest BCUT2D eigenvalue weighted by atomic mass is 32.1. The topological polar surface area (TPSA) is 71.3 Å². The minimum absolute atomic E-state index is 0.0389. The Morgan fingerprint density at radius 1 is 0.846 bits per heavy atom. The van der Waals surface area contributed by atoms with Crippen molar-refractivity contribution in [3.05, 3.63) is 64.9 Å². The van der Waals surface area contributed by atoms with Crippen molar-refractivity contribution in [1.82, 2.24) is 24.6 Å². The van der Waals surface area contributed by atoms with Crippen molar-refractivity contribution in [3.8, 4) is 5.69 Å². The highest BCUT2D eigenvalue weighted by Crippen LogP contribution is 2.18. The molecule has 1 aliphatic heterocycles. The average Bonchev–Trinajstić information content (AvgIpc) is 3.41. The van der Waals surface area contributed by atoms with Gasteiger partial charge in [0.25, 0.3) is 11.8 Å². The van der Waals surface area contributed by atoms with E-state index in [1.54, 1.807) is 33.1 Å². The summed E-state index contributed by atoms with van der Waals surface area (Å²) in [6.45, 7) is 2.12. The molecule has 1 fully saturated rings. The van der Waals surface area contributed by atoms with Gasteiger partial charge in [0, 0.05) is 26.2 Å². The van der Waals surface area contributed by atoms with Crippen molar-refractivity contribution in [1.29, 1.82) is 0 Å². The van der Waals surface area contributed by atoms with Gasteiger partial charge < -0.3 is 9.80 Å². The van der Waals surface area contributed by atoms with Gasteiger partial charge >= 0.3 is 0 Å². The number of carbonyl (C=O) groups is 2. The number of nitrogens with zero attached hydrogens (tertiary/aromatic N) is 5. The molecule has 8 heteroatoms. The summed E-state index contributed by atoms with van der Waals surface area (Å²) in [5.74, 6) is -0.00508. The van der Waals surface area contributed by atoms with Crippen LogP contribution in [0, 0.1) is 0 Å². The zero-order chi connectivity index (χ0) is 17.9. The molecule has 2 amide bonds. The van der Waals surface area contributed by atoms with Gasteiger partial charge in [-0.15, -0.1) is 21.5 Å². The van der Waals surface area contributed by atoms with E-state index in [1.165, 1.54) is 11.3 Å². The number of amides is 2. The Morgan fingerprint density at radius 3 is 2.15 bits per heavy atom. The summed E-state index contributed by atoms with van der Waals surface area (Å²) < 4.78 is 1.73. The van der Waals surface area contributed by atoms with Crippen LogP contribution >= 0.6 is 11.3 Å². The number of piperazine rings is 1. The number of rotatable bonds is 3. The summed E-state index contributed by atoms with van der Waals surface area (Å²) in [6.07, 6.45) is 3.15. The van der Waals surface area contributed by atoms with Crippen LogP contribution in [0.4, 0.5) is 0 Å². The van der Waals surface area contributed by atoms with Gasteiger partial charge in [-0.3, -0.25) is 14.2 Å². The Hall–Kier alpha value is -3.00. The van der Waals surface area contributed by atoms with Gasteiger partial charge in [0.15, 0.2) is 0 Å². The van der Waals surface area contributed by atoms with Crippen LogP contribution in [0.2, 0.25) is 0 Å². The number of thiophene rings is 1. The molecule has 26 heavy (non-hydrogen) atoms. The molecule has 7 nitrogen and oxygen atoms in total. The van der Waals surface area contributed by atoms with E-state index in [0.29, 0.717) is 31.7 Å². The van der Waals surface area contributed by atoms with Crippen molar-refractivity contribution in [3.63, 3.8) is 0 Å². The van der Waals surface area contributed by atoms with E-state index < -0.39 is 0 Å². The van der Waals surface area contributed by atoms with Crippen LogP contribution < -0.4 is 0 Å². The van der Waals surface area contributed by atoms with Crippen molar-refractivity contribution >= 4 is 23.2 Å². The molecule has 1 saturated heterocycles. The number of hydrogen-bond acceptors (Lipinski definition) is 5. The van der Waals surface area contributed by atoms with Crippen LogP contribution in [0.25, 0.3) is 5.69 Å². The van der Waals surface area contributed by atoms with Gasteiger partial charge in [0.1, 0.15) is 12.7 Å². The van der Waals surface area contributed by atoms with Crippen LogP contribution in [0.3, 0.4) is 0 Å². The molecule has 4 rings (SSSR count). The highest BCUT2D eigenvalue weighted by molar-refractivity contribution is 7.12. The maximum absolute atomic E-state index is 13.0. The largest absolute Gasteiger partial charge is 0.335 e. The lowest BCUT2D eigenvalue weighted by Crippen LogP contribution is -2.50. The predicted octanol–water partition coefficient (Wildman–Crippen LogP) is 1.93. The minimum Gasteiger partial charge on any atom is -0.335 e. The van der Waals surface area contributed by atoms with Gasteiger partial charge in [0.2, 0.25) is 0 Å². The van der Waals surface area contributed by atoms with E-state index in [9.17, 15) is 9.59 Å². The van der Waals surface area contributed by atoms with Gasteiger partial charge in [-0.25, -0.2) is 0 Å². The first-order chi connectivity index (χ1) is 12.7. The number of aromatic nitrogens is 3. The number of carbonyl (C=O) groups excluding carboxylic acids is 2.